The van der Waals surface area contributed by atoms with Gasteiger partial charge in [-0.3, -0.25) is 4.79 Å². The molecule has 2 rings (SSSR count). The minimum absolute atomic E-state index is 0.122. The zero-order valence-electron chi connectivity index (χ0n) is 12.3. The van der Waals surface area contributed by atoms with Crippen LogP contribution < -0.4 is 9.47 Å². The van der Waals surface area contributed by atoms with Gasteiger partial charge in [-0.25, -0.2) is 4.79 Å². The molecule has 1 aliphatic heterocycles. The maximum absolute atomic E-state index is 12.0. The van der Waals surface area contributed by atoms with Crippen molar-refractivity contribution in [3.8, 4) is 11.5 Å². The Hall–Kier alpha value is -2.24. The Morgan fingerprint density at radius 3 is 2.57 bits per heavy atom. The average molecular weight is 293 g/mol. The van der Waals surface area contributed by atoms with Crippen LogP contribution in [0.3, 0.4) is 0 Å². The monoisotopic (exact) mass is 293 g/mol. The van der Waals surface area contributed by atoms with E-state index in [1.165, 1.54) is 12.0 Å². The highest BCUT2D eigenvalue weighted by Gasteiger charge is 2.50. The number of carboxylic acids is 1. The fraction of sp³-hybridized carbons (Fsp3) is 0.467. The topological polar surface area (TPSA) is 76.1 Å². The van der Waals surface area contributed by atoms with E-state index < -0.39 is 17.9 Å². The molecule has 6 heteroatoms. The Bertz CT molecular complexity index is 557. The molecule has 1 saturated heterocycles. The predicted octanol–water partition coefficient (Wildman–Crippen LogP) is 1.53. The van der Waals surface area contributed by atoms with Gasteiger partial charge >= 0.3 is 5.97 Å². The van der Waals surface area contributed by atoms with Gasteiger partial charge in [0.05, 0.1) is 26.7 Å². The minimum atomic E-state index is -0.964. The van der Waals surface area contributed by atoms with E-state index in [0.29, 0.717) is 17.9 Å². The Balaban J connectivity index is 2.21. The SMILES string of the molecule is CC[C@@H]1C(=O)N(Cc2ccc(OC)cc2OC)[C@H]1C(=O)O. The highest BCUT2D eigenvalue weighted by atomic mass is 16.5. The number of benzene rings is 1. The van der Waals surface area contributed by atoms with E-state index in [-0.39, 0.29) is 12.5 Å². The van der Waals surface area contributed by atoms with E-state index in [1.54, 1.807) is 25.3 Å². The molecule has 0 saturated carbocycles. The summed E-state index contributed by atoms with van der Waals surface area (Å²) in [6, 6.07) is 4.50. The number of β-lactam (4-membered cyclic amide) rings is 1. The molecular weight excluding hydrogens is 274 g/mol. The maximum atomic E-state index is 12.0. The number of amides is 1. The van der Waals surface area contributed by atoms with Crippen molar-refractivity contribution in [3.63, 3.8) is 0 Å². The molecule has 6 nitrogen and oxygen atoms in total. The molecule has 0 bridgehead atoms. The smallest absolute Gasteiger partial charge is 0.327 e. The first kappa shape index (κ1) is 15.2. The first-order valence-corrected chi connectivity index (χ1v) is 6.77. The molecule has 21 heavy (non-hydrogen) atoms. The molecule has 2 atom stereocenters. The van der Waals surface area contributed by atoms with Crippen molar-refractivity contribution in [2.75, 3.05) is 14.2 Å². The molecule has 114 valence electrons. The molecule has 0 unspecified atom stereocenters. The Labute approximate surface area is 123 Å². The maximum Gasteiger partial charge on any atom is 0.327 e. The largest absolute Gasteiger partial charge is 0.497 e. The highest BCUT2D eigenvalue weighted by molar-refractivity contribution is 5.96. The van der Waals surface area contributed by atoms with Gasteiger partial charge in [0, 0.05) is 11.6 Å². The summed E-state index contributed by atoms with van der Waals surface area (Å²) >= 11 is 0. The van der Waals surface area contributed by atoms with Gasteiger partial charge in [0.25, 0.3) is 0 Å². The van der Waals surface area contributed by atoms with Crippen LogP contribution in [0.5, 0.6) is 11.5 Å². The van der Waals surface area contributed by atoms with Crippen molar-refractivity contribution in [3.05, 3.63) is 23.8 Å². The normalized spacial score (nSPS) is 20.9. The fourth-order valence-electron chi connectivity index (χ4n) is 2.67. The van der Waals surface area contributed by atoms with Crippen LogP contribution in [0.4, 0.5) is 0 Å². The summed E-state index contributed by atoms with van der Waals surface area (Å²) in [7, 11) is 3.08. The van der Waals surface area contributed by atoms with Crippen LogP contribution in [0.1, 0.15) is 18.9 Å². The number of methoxy groups -OCH3 is 2. The van der Waals surface area contributed by atoms with Crippen LogP contribution in [0, 0.1) is 5.92 Å². The Morgan fingerprint density at radius 1 is 1.33 bits per heavy atom. The lowest BCUT2D eigenvalue weighted by atomic mass is 9.84. The number of rotatable bonds is 6. The number of hydrogen-bond acceptors (Lipinski definition) is 4. The van der Waals surface area contributed by atoms with E-state index in [1.807, 2.05) is 6.92 Å². The quantitative estimate of drug-likeness (QED) is 0.805. The lowest BCUT2D eigenvalue weighted by Gasteiger charge is -2.44. The summed E-state index contributed by atoms with van der Waals surface area (Å²) in [5, 5.41) is 9.26. The number of carboxylic acid groups (broad SMARTS) is 1. The molecule has 0 aliphatic carbocycles. The predicted molar refractivity (Wildman–Crippen MR) is 75.3 cm³/mol. The number of aliphatic carboxylic acids is 1. The number of likely N-dealkylation sites (tertiary alicyclic amines) is 1. The van der Waals surface area contributed by atoms with Gasteiger partial charge in [-0.15, -0.1) is 0 Å². The Morgan fingerprint density at radius 2 is 2.05 bits per heavy atom. The van der Waals surface area contributed by atoms with E-state index >= 15 is 0 Å². The van der Waals surface area contributed by atoms with Crippen molar-refractivity contribution in [1.82, 2.24) is 4.90 Å². The number of hydrogen-bond donors (Lipinski definition) is 1. The van der Waals surface area contributed by atoms with Crippen molar-refractivity contribution in [1.29, 1.82) is 0 Å². The van der Waals surface area contributed by atoms with Crippen LogP contribution in [0.25, 0.3) is 0 Å². The standard InChI is InChI=1S/C15H19NO5/c1-4-11-13(15(18)19)16(14(11)17)8-9-5-6-10(20-2)7-12(9)21-3/h5-7,11,13H,4,8H2,1-3H3,(H,18,19)/t11-,13+/m0/s1. The lowest BCUT2D eigenvalue weighted by molar-refractivity contribution is -0.172. The number of ether oxygens (including phenoxy) is 2. The van der Waals surface area contributed by atoms with Crippen molar-refractivity contribution >= 4 is 11.9 Å². The molecule has 1 aliphatic rings. The third kappa shape index (κ3) is 2.66. The van der Waals surface area contributed by atoms with E-state index in [2.05, 4.69) is 0 Å². The zero-order chi connectivity index (χ0) is 15.6. The molecule has 0 spiro atoms. The molecule has 1 fully saturated rings. The van der Waals surface area contributed by atoms with Crippen molar-refractivity contribution in [2.24, 2.45) is 5.92 Å². The molecule has 1 amide bonds. The highest BCUT2D eigenvalue weighted by Crippen LogP contribution is 2.34. The molecule has 0 aromatic heterocycles. The van der Waals surface area contributed by atoms with Gasteiger partial charge in [-0.2, -0.15) is 0 Å². The lowest BCUT2D eigenvalue weighted by Crippen LogP contribution is -2.63. The average Bonchev–Trinajstić information content (AvgIpc) is 2.49. The van der Waals surface area contributed by atoms with E-state index in [9.17, 15) is 14.7 Å². The second-order valence-electron chi connectivity index (χ2n) is 4.94. The van der Waals surface area contributed by atoms with E-state index in [0.717, 1.165) is 5.56 Å². The molecule has 1 aromatic rings. The van der Waals surface area contributed by atoms with Crippen LogP contribution in [-0.4, -0.2) is 42.1 Å². The van der Waals surface area contributed by atoms with E-state index in [4.69, 9.17) is 9.47 Å². The van der Waals surface area contributed by atoms with Crippen LogP contribution in [0.15, 0.2) is 18.2 Å². The van der Waals surface area contributed by atoms with Gasteiger partial charge in [0.2, 0.25) is 5.91 Å². The summed E-state index contributed by atoms with van der Waals surface area (Å²) in [6.07, 6.45) is 0.534. The van der Waals surface area contributed by atoms with Crippen LogP contribution in [0.2, 0.25) is 0 Å². The summed E-state index contributed by atoms with van der Waals surface area (Å²) in [5.74, 6) is -0.290. The van der Waals surface area contributed by atoms with Gasteiger partial charge in [0.1, 0.15) is 17.5 Å². The van der Waals surface area contributed by atoms with Gasteiger partial charge in [-0.1, -0.05) is 6.92 Å². The first-order valence-electron chi connectivity index (χ1n) is 6.77. The molecular formula is C15H19NO5. The summed E-state index contributed by atoms with van der Waals surface area (Å²) in [5.41, 5.74) is 0.757. The second-order valence-corrected chi connectivity index (χ2v) is 4.94. The van der Waals surface area contributed by atoms with Crippen LogP contribution in [-0.2, 0) is 16.1 Å². The fourth-order valence-corrected chi connectivity index (χ4v) is 2.67. The molecule has 1 N–H and O–H groups in total. The molecule has 1 aromatic carbocycles. The third-order valence-corrected chi connectivity index (χ3v) is 3.84. The zero-order valence-corrected chi connectivity index (χ0v) is 12.3. The molecule has 0 radical (unpaired) electrons. The molecule has 1 heterocycles. The van der Waals surface area contributed by atoms with Gasteiger partial charge in [-0.05, 0) is 18.6 Å². The van der Waals surface area contributed by atoms with Crippen molar-refractivity contribution in [2.45, 2.75) is 25.9 Å². The number of nitrogens with zero attached hydrogens (tertiary/aromatic N) is 1. The minimum Gasteiger partial charge on any atom is -0.497 e. The summed E-state index contributed by atoms with van der Waals surface area (Å²) in [4.78, 5) is 24.7. The Kier molecular flexibility index (Phi) is 4.35. The summed E-state index contributed by atoms with van der Waals surface area (Å²) in [6.45, 7) is 2.04. The van der Waals surface area contributed by atoms with Gasteiger partial charge in [0.15, 0.2) is 0 Å². The third-order valence-electron chi connectivity index (χ3n) is 3.84. The number of carbonyl (C=O) groups is 2. The van der Waals surface area contributed by atoms with Crippen LogP contribution >= 0.6 is 0 Å². The summed E-state index contributed by atoms with van der Waals surface area (Å²) < 4.78 is 10.4. The second kappa shape index (κ2) is 6.03. The number of carbonyl (C=O) groups excluding carboxylic acids is 1. The van der Waals surface area contributed by atoms with Crippen molar-refractivity contribution < 1.29 is 24.2 Å². The first-order chi connectivity index (χ1) is 10.0. The van der Waals surface area contributed by atoms with Gasteiger partial charge < -0.3 is 19.5 Å².